The molecule has 0 heterocycles. The van der Waals surface area contributed by atoms with Crippen LogP contribution >= 0.6 is 0 Å². The fourth-order valence-electron chi connectivity index (χ4n) is 0. The van der Waals surface area contributed by atoms with Crippen LogP contribution in [0.4, 0.5) is 0 Å². The van der Waals surface area contributed by atoms with Gasteiger partial charge in [0, 0.05) is 39.4 Å². The maximum atomic E-state index is 8.38. The topological polar surface area (TPSA) is 177 Å². The van der Waals surface area contributed by atoms with Gasteiger partial charge in [0.2, 0.25) is 0 Å². The Morgan fingerprint density at radius 3 is 0.500 bits per heavy atom. The molecule has 0 unspecified atom stereocenters. The zero-order valence-electron chi connectivity index (χ0n) is 13.3. The molecule has 0 fully saturated rings. The van der Waals surface area contributed by atoms with E-state index in [2.05, 4.69) is 39.4 Å². The van der Waals surface area contributed by atoms with Crippen LogP contribution in [0.25, 0.3) is 0 Å². The summed E-state index contributed by atoms with van der Waals surface area (Å²) in [6.07, 6.45) is 0. The molecule has 0 saturated heterocycles. The molecular weight excluding hydrogens is 361 g/mol. The van der Waals surface area contributed by atoms with Gasteiger partial charge in [-0.15, -0.1) is 0 Å². The van der Waals surface area contributed by atoms with E-state index < -0.39 is 14.8 Å². The number of rotatable bonds is 0. The first kappa shape index (κ1) is 72.3. The molecule has 0 atom stereocenters. The maximum absolute atomic E-state index is 8.38. The van der Waals surface area contributed by atoms with Crippen molar-refractivity contribution in [1.29, 1.82) is 31.6 Å². The van der Waals surface area contributed by atoms with Crippen molar-refractivity contribution >= 4 is 0 Å². The van der Waals surface area contributed by atoms with Gasteiger partial charge in [-0.25, -0.2) is 31.6 Å². The summed E-state index contributed by atoms with van der Waals surface area (Å²) in [5.41, 5.74) is 0. The molecule has 0 aliphatic rings. The first-order valence-corrected chi connectivity index (χ1v) is 2.74. The second-order valence-corrected chi connectivity index (χ2v) is 0.243. The molecule has 0 amide bonds. The Morgan fingerprint density at radius 2 is 0.500 bits per heavy atom. The third kappa shape index (κ3) is 1340. The van der Waals surface area contributed by atoms with Gasteiger partial charge >= 0.3 is 177 Å². The zero-order chi connectivity index (χ0) is 14.7. The van der Waals surface area contributed by atoms with Gasteiger partial charge < -0.3 is 4.28 Å². The van der Waals surface area contributed by atoms with E-state index in [1.165, 1.54) is 0 Å². The van der Waals surface area contributed by atoms with Crippen molar-refractivity contribution in [2.75, 3.05) is 0 Å². The van der Waals surface area contributed by atoms with Crippen LogP contribution in [-0.4, -0.2) is 0 Å². The summed E-state index contributed by atoms with van der Waals surface area (Å²) in [5.74, 6) is 0. The van der Waals surface area contributed by atoms with Crippen LogP contribution < -0.4 is 154 Å². The van der Waals surface area contributed by atoms with Crippen LogP contribution in [-0.2, 0) is 22.5 Å². The molecule has 0 aromatic rings. The fraction of sp³-hybridized carbons (Fsp3) is 0. The molecular formula is C6H9FeK3N6O2. The summed E-state index contributed by atoms with van der Waals surface area (Å²) < 4.78 is 16.8. The Balaban J connectivity index is -0.00000000310. The third-order valence-electron chi connectivity index (χ3n) is 0. The quantitative estimate of drug-likeness (QED) is 0.377. The fourth-order valence-corrected chi connectivity index (χ4v) is 0. The number of nitriles is 6. The predicted molar refractivity (Wildman–Crippen MR) is 44.7 cm³/mol. The molecule has 0 radical (unpaired) electrons. The zero-order valence-corrected chi connectivity index (χ0v) is 20.8. The van der Waals surface area contributed by atoms with Crippen LogP contribution in [0.2, 0.25) is 0 Å². The van der Waals surface area contributed by atoms with Crippen molar-refractivity contribution in [3.63, 3.8) is 0 Å². The molecule has 0 saturated carbocycles. The van der Waals surface area contributed by atoms with Crippen molar-refractivity contribution in [3.05, 3.63) is 0 Å². The summed E-state index contributed by atoms with van der Waals surface area (Å²) in [6, 6.07) is 0. The second-order valence-electron chi connectivity index (χ2n) is 0.0589. The molecule has 0 spiro atoms. The average Bonchev–Trinajstić information content (AvgIpc) is 2.44. The van der Waals surface area contributed by atoms with Gasteiger partial charge in [0.15, 0.2) is 0 Å². The molecule has 0 bridgehead atoms. The van der Waals surface area contributed by atoms with E-state index in [-0.39, 0.29) is 158 Å². The molecule has 86 valence electrons. The van der Waals surface area contributed by atoms with Crippen molar-refractivity contribution in [2.45, 2.75) is 0 Å². The van der Waals surface area contributed by atoms with Gasteiger partial charge in [0.1, 0.15) is 0 Å². The van der Waals surface area contributed by atoms with E-state index in [0.717, 1.165) is 0 Å². The first-order chi connectivity index (χ1) is 7.41. The molecule has 0 N–H and O–H groups in total. The summed E-state index contributed by atoms with van der Waals surface area (Å²) in [5, 5.41) is 39.0. The second kappa shape index (κ2) is 695. The molecule has 0 rings (SSSR count). The first-order valence-electron chi connectivity index (χ1n) is 1.84. The van der Waals surface area contributed by atoms with Gasteiger partial charge in [-0.05, 0) is 0 Å². The van der Waals surface area contributed by atoms with E-state index in [1.807, 2.05) is 0 Å². The normalized spacial score (nSPS) is 1.56. The van der Waals surface area contributed by atoms with Crippen LogP contribution in [0.15, 0.2) is 0 Å². The van der Waals surface area contributed by atoms with Crippen LogP contribution in [0.1, 0.15) is 4.28 Å². The molecule has 8 nitrogen and oxygen atoms in total. The van der Waals surface area contributed by atoms with Crippen LogP contribution in [0.5, 0.6) is 0 Å². The molecule has 0 aliphatic heterocycles. The third-order valence-corrected chi connectivity index (χ3v) is 0. The van der Waals surface area contributed by atoms with E-state index in [1.54, 1.807) is 0 Å². The van der Waals surface area contributed by atoms with Crippen molar-refractivity contribution < 1.29 is 181 Å². The Labute approximate surface area is 245 Å². The minimum atomic E-state index is -1.25. The average molecular weight is 370 g/mol. The standard InChI is InChI=1S/6CHN.Fe.3K.2O.3H/c6*1-2;;;;;;;;;/h6*1H;;;;;;;;;/q;;;;;;;3*+1;;;3*-1. The number of nitrogens with zero attached hydrogens (tertiary/aromatic N) is 6. The molecule has 0 aromatic heterocycles. The molecule has 18 heavy (non-hydrogen) atoms. The van der Waals surface area contributed by atoms with Crippen LogP contribution in [0.3, 0.4) is 0 Å². The van der Waals surface area contributed by atoms with Crippen LogP contribution in [0, 0.1) is 71.0 Å². The van der Waals surface area contributed by atoms with Crippen molar-refractivity contribution in [2.24, 2.45) is 0 Å². The van der Waals surface area contributed by atoms with Crippen molar-refractivity contribution in [3.8, 4) is 39.4 Å². The SMILES string of the molecule is C#N.C#N.C#N.C#N.C#N.C#N.[H-].[H-].[H-].[K+].[K+].[K+].[O]=[Fe]=[O]. The van der Waals surface area contributed by atoms with E-state index >= 15 is 0 Å². The predicted octanol–water partition coefficient (Wildman–Crippen LogP) is -8.05. The monoisotopic (exact) mass is 370 g/mol. The van der Waals surface area contributed by atoms with E-state index in [0.29, 0.717) is 0 Å². The van der Waals surface area contributed by atoms with E-state index in [9.17, 15) is 0 Å². The van der Waals surface area contributed by atoms with E-state index in [4.69, 9.17) is 39.2 Å². The Hall–Kier alpha value is 1.97. The van der Waals surface area contributed by atoms with Gasteiger partial charge in [0.05, 0.1) is 0 Å². The Morgan fingerprint density at radius 1 is 0.500 bits per heavy atom. The number of hydrogen-bond donors (Lipinski definition) is 0. The van der Waals surface area contributed by atoms with Gasteiger partial charge in [-0.3, -0.25) is 0 Å². The number of hydrogen-bond acceptors (Lipinski definition) is 8. The van der Waals surface area contributed by atoms with Gasteiger partial charge in [-0.1, -0.05) is 0 Å². The minimum absolute atomic E-state index is 0. The summed E-state index contributed by atoms with van der Waals surface area (Å²) in [7, 11) is 0. The molecule has 0 aromatic carbocycles. The van der Waals surface area contributed by atoms with Crippen molar-refractivity contribution in [1.82, 2.24) is 0 Å². The Kier molecular flexibility index (Phi) is 2790. The van der Waals surface area contributed by atoms with Gasteiger partial charge in [-0.2, -0.15) is 0 Å². The summed E-state index contributed by atoms with van der Waals surface area (Å²) in [4.78, 5) is 0. The summed E-state index contributed by atoms with van der Waals surface area (Å²) >= 11 is -1.25. The Bertz CT molecular complexity index is 185. The van der Waals surface area contributed by atoms with Gasteiger partial charge in [0.25, 0.3) is 0 Å². The molecule has 0 aliphatic carbocycles. The summed E-state index contributed by atoms with van der Waals surface area (Å²) in [6.45, 7) is 21.0. The molecule has 12 heteroatoms.